The molecule has 0 saturated heterocycles. The van der Waals surface area contributed by atoms with Crippen molar-refractivity contribution in [2.75, 3.05) is 26.0 Å². The molecule has 1 aliphatic heterocycles. The summed E-state index contributed by atoms with van der Waals surface area (Å²) in [5.41, 5.74) is 8.73. The average Bonchev–Trinajstić information content (AvgIpc) is 2.30. The lowest BCUT2D eigenvalue weighted by Crippen LogP contribution is -2.39. The van der Waals surface area contributed by atoms with Crippen LogP contribution in [0.3, 0.4) is 0 Å². The smallest absolute Gasteiger partial charge is 0.0765 e. The van der Waals surface area contributed by atoms with Crippen LogP contribution in [0.2, 0.25) is 0 Å². The first-order valence-electron chi connectivity index (χ1n) is 5.24. The van der Waals surface area contributed by atoms with Crippen molar-refractivity contribution in [1.29, 1.82) is 0 Å². The second-order valence-electron chi connectivity index (χ2n) is 3.89. The number of methoxy groups -OCH3 is 1. The molecule has 2 rings (SSSR count). The minimum absolute atomic E-state index is 0.0242. The first-order chi connectivity index (χ1) is 7.32. The summed E-state index contributed by atoms with van der Waals surface area (Å²) in [6.45, 7) is 1.34. The van der Waals surface area contributed by atoms with Gasteiger partial charge in [-0.2, -0.15) is 0 Å². The summed E-state index contributed by atoms with van der Waals surface area (Å²) in [6, 6.07) is 8.58. The Hall–Kier alpha value is -0.510. The van der Waals surface area contributed by atoms with Gasteiger partial charge >= 0.3 is 0 Å². The van der Waals surface area contributed by atoms with Gasteiger partial charge in [0.1, 0.15) is 0 Å². The van der Waals surface area contributed by atoms with Gasteiger partial charge < -0.3 is 10.5 Å². The quantitative estimate of drug-likeness (QED) is 0.848. The fourth-order valence-electron chi connectivity index (χ4n) is 2.20. The molecular formula is C12H17NOS. The van der Waals surface area contributed by atoms with E-state index in [0.717, 1.165) is 12.2 Å². The van der Waals surface area contributed by atoms with Crippen LogP contribution in [0.5, 0.6) is 0 Å². The third-order valence-corrected chi connectivity index (χ3v) is 4.43. The monoisotopic (exact) mass is 223 g/mol. The molecule has 1 aromatic rings. The minimum Gasteiger partial charge on any atom is -0.383 e. The van der Waals surface area contributed by atoms with Gasteiger partial charge in [-0.15, -0.1) is 11.8 Å². The van der Waals surface area contributed by atoms with Crippen molar-refractivity contribution in [3.05, 3.63) is 35.4 Å². The summed E-state index contributed by atoms with van der Waals surface area (Å²) in [4.78, 5) is 0. The number of ether oxygens (including phenoxy) is 1. The molecular weight excluding hydrogens is 206 g/mol. The largest absolute Gasteiger partial charge is 0.383 e. The number of benzene rings is 1. The van der Waals surface area contributed by atoms with Gasteiger partial charge in [0.25, 0.3) is 0 Å². The van der Waals surface area contributed by atoms with Crippen molar-refractivity contribution in [1.82, 2.24) is 0 Å². The van der Waals surface area contributed by atoms with Crippen LogP contribution in [-0.2, 0) is 15.9 Å². The lowest BCUT2D eigenvalue weighted by molar-refractivity contribution is 0.169. The highest BCUT2D eigenvalue weighted by atomic mass is 32.2. The van der Waals surface area contributed by atoms with E-state index in [-0.39, 0.29) is 4.75 Å². The molecule has 2 N–H and O–H groups in total. The molecule has 82 valence electrons. The summed E-state index contributed by atoms with van der Waals surface area (Å²) >= 11 is 1.93. The zero-order valence-corrected chi connectivity index (χ0v) is 9.85. The van der Waals surface area contributed by atoms with Crippen molar-refractivity contribution in [2.24, 2.45) is 5.73 Å². The highest BCUT2D eigenvalue weighted by Crippen LogP contribution is 2.42. The lowest BCUT2D eigenvalue weighted by Gasteiger charge is -2.37. The molecule has 0 bridgehead atoms. The van der Waals surface area contributed by atoms with Gasteiger partial charge in [-0.3, -0.25) is 0 Å². The molecule has 1 atom stereocenters. The van der Waals surface area contributed by atoms with Crippen LogP contribution in [0.15, 0.2) is 24.3 Å². The van der Waals surface area contributed by atoms with Gasteiger partial charge in [-0.05, 0) is 23.3 Å². The van der Waals surface area contributed by atoms with Crippen molar-refractivity contribution in [2.45, 2.75) is 11.2 Å². The number of thioether (sulfide) groups is 1. The molecule has 2 nitrogen and oxygen atoms in total. The number of nitrogens with two attached hydrogens (primary N) is 1. The summed E-state index contributed by atoms with van der Waals surface area (Å²) < 4.78 is 5.31. The molecule has 1 heterocycles. The molecule has 0 saturated carbocycles. The molecule has 0 spiro atoms. The summed E-state index contributed by atoms with van der Waals surface area (Å²) in [6.07, 6.45) is 1.15. The number of fused-ring (bicyclic) bond motifs is 1. The van der Waals surface area contributed by atoms with E-state index in [1.807, 2.05) is 11.8 Å². The van der Waals surface area contributed by atoms with Crippen LogP contribution >= 0.6 is 11.8 Å². The van der Waals surface area contributed by atoms with Gasteiger partial charge in [0.2, 0.25) is 0 Å². The average molecular weight is 223 g/mol. The lowest BCUT2D eigenvalue weighted by atomic mass is 9.92. The molecule has 1 aromatic carbocycles. The Kier molecular flexibility index (Phi) is 3.34. The number of rotatable bonds is 3. The van der Waals surface area contributed by atoms with E-state index in [1.165, 1.54) is 11.1 Å². The molecule has 1 unspecified atom stereocenters. The van der Waals surface area contributed by atoms with Crippen LogP contribution in [-0.4, -0.2) is 26.0 Å². The SMILES string of the molecule is COCC1(CN)SCCc2ccccc21. The predicted molar refractivity (Wildman–Crippen MR) is 65.2 cm³/mol. The zero-order valence-electron chi connectivity index (χ0n) is 9.03. The molecule has 0 radical (unpaired) electrons. The van der Waals surface area contributed by atoms with Gasteiger partial charge in [0.15, 0.2) is 0 Å². The molecule has 1 aliphatic rings. The van der Waals surface area contributed by atoms with Crippen LogP contribution in [0.4, 0.5) is 0 Å². The Labute approximate surface area is 95.2 Å². The molecule has 0 amide bonds. The van der Waals surface area contributed by atoms with Crippen molar-refractivity contribution < 1.29 is 4.74 Å². The predicted octanol–water partition coefficient (Wildman–Crippen LogP) is 1.78. The van der Waals surface area contributed by atoms with Crippen molar-refractivity contribution in [3.63, 3.8) is 0 Å². The molecule has 3 heteroatoms. The fraction of sp³-hybridized carbons (Fsp3) is 0.500. The molecule has 0 aliphatic carbocycles. The normalized spacial score (nSPS) is 24.9. The van der Waals surface area contributed by atoms with Crippen LogP contribution < -0.4 is 5.73 Å². The number of hydrogen-bond acceptors (Lipinski definition) is 3. The highest BCUT2D eigenvalue weighted by molar-refractivity contribution is 8.00. The first-order valence-corrected chi connectivity index (χ1v) is 6.22. The van der Waals surface area contributed by atoms with Crippen molar-refractivity contribution >= 4 is 11.8 Å². The molecule has 0 aromatic heterocycles. The molecule has 15 heavy (non-hydrogen) atoms. The van der Waals surface area contributed by atoms with E-state index in [4.69, 9.17) is 10.5 Å². The van der Waals surface area contributed by atoms with E-state index in [1.54, 1.807) is 7.11 Å². The maximum absolute atomic E-state index is 5.94. The van der Waals surface area contributed by atoms with Gasteiger partial charge in [-0.25, -0.2) is 0 Å². The summed E-state index contributed by atoms with van der Waals surface area (Å²) in [5, 5.41) is 0. The van der Waals surface area contributed by atoms with E-state index >= 15 is 0 Å². The zero-order chi connectivity index (χ0) is 10.7. The van der Waals surface area contributed by atoms with E-state index in [2.05, 4.69) is 24.3 Å². The topological polar surface area (TPSA) is 35.2 Å². The van der Waals surface area contributed by atoms with Gasteiger partial charge in [0.05, 0.1) is 11.4 Å². The maximum atomic E-state index is 5.94. The van der Waals surface area contributed by atoms with Crippen LogP contribution in [0.25, 0.3) is 0 Å². The van der Waals surface area contributed by atoms with Gasteiger partial charge in [0, 0.05) is 13.7 Å². The second-order valence-corrected chi connectivity index (χ2v) is 5.37. The summed E-state index contributed by atoms with van der Waals surface area (Å²) in [5.74, 6) is 1.14. The standard InChI is InChI=1S/C12H17NOS/c1-14-9-12(8-13)11-5-3-2-4-10(11)6-7-15-12/h2-5H,6-9,13H2,1H3. The molecule has 0 fully saturated rings. The summed E-state index contributed by atoms with van der Waals surface area (Å²) in [7, 11) is 1.75. The van der Waals surface area contributed by atoms with Crippen LogP contribution in [0.1, 0.15) is 11.1 Å². The van der Waals surface area contributed by atoms with E-state index in [0.29, 0.717) is 13.2 Å². The number of aryl methyl sites for hydroxylation is 1. The van der Waals surface area contributed by atoms with Crippen molar-refractivity contribution in [3.8, 4) is 0 Å². The van der Waals surface area contributed by atoms with E-state index < -0.39 is 0 Å². The van der Waals surface area contributed by atoms with E-state index in [9.17, 15) is 0 Å². The Morgan fingerprint density at radius 2 is 2.27 bits per heavy atom. The third kappa shape index (κ3) is 1.92. The Morgan fingerprint density at radius 1 is 1.47 bits per heavy atom. The first kappa shape index (κ1) is 11.0. The van der Waals surface area contributed by atoms with Gasteiger partial charge in [-0.1, -0.05) is 24.3 Å². The number of hydrogen-bond donors (Lipinski definition) is 1. The van der Waals surface area contributed by atoms with Crippen LogP contribution in [0, 0.1) is 0 Å². The maximum Gasteiger partial charge on any atom is 0.0765 e. The Morgan fingerprint density at radius 3 is 3.00 bits per heavy atom. The highest BCUT2D eigenvalue weighted by Gasteiger charge is 2.35. The fourth-order valence-corrected chi connectivity index (χ4v) is 3.58. The minimum atomic E-state index is -0.0242. The Bertz CT molecular complexity index is 342. The second kappa shape index (κ2) is 4.56. The third-order valence-electron chi connectivity index (χ3n) is 2.97. The Balaban J connectivity index is 2.42.